The van der Waals surface area contributed by atoms with Crippen LogP contribution >= 0.6 is 0 Å². The van der Waals surface area contributed by atoms with Crippen molar-refractivity contribution in [2.75, 3.05) is 0 Å². The highest BCUT2D eigenvalue weighted by Gasteiger charge is 2.49. The molecule has 0 radical (unpaired) electrons. The van der Waals surface area contributed by atoms with Gasteiger partial charge < -0.3 is 10.1 Å². The molecule has 4 rings (SSSR count). The minimum absolute atomic E-state index is 0.0470. The highest BCUT2D eigenvalue weighted by atomic mass is 16.5. The number of benzene rings is 2. The summed E-state index contributed by atoms with van der Waals surface area (Å²) >= 11 is 0. The van der Waals surface area contributed by atoms with Gasteiger partial charge in [-0.2, -0.15) is 0 Å². The Morgan fingerprint density at radius 2 is 1.86 bits per heavy atom. The fourth-order valence-electron chi connectivity index (χ4n) is 3.94. The Balaban J connectivity index is 1.92. The molecule has 1 N–H and O–H groups in total. The number of rotatable bonds is 0. The van der Waals surface area contributed by atoms with E-state index >= 15 is 0 Å². The predicted octanol–water partition coefficient (Wildman–Crippen LogP) is 3.74. The molecule has 0 unspecified atom stereocenters. The number of ether oxygens (including phenoxy) is 1. The van der Waals surface area contributed by atoms with E-state index in [9.17, 15) is 4.79 Å². The standard InChI is InChI=1S/C19H19NO2/c1-11-8-12(2)18(21)20-19(3)17(11)15-9-13-6-4-5-7-14(13)10-16(15)22-19/h4-11,17H,1-3H3,(H,20,21)/t11-,17-,19-/m1/s1. The Kier molecular flexibility index (Phi) is 2.65. The van der Waals surface area contributed by atoms with E-state index in [1.54, 1.807) is 0 Å². The maximum atomic E-state index is 12.2. The average Bonchev–Trinajstić information content (AvgIpc) is 2.70. The fourth-order valence-corrected chi connectivity index (χ4v) is 3.94. The van der Waals surface area contributed by atoms with E-state index in [1.807, 2.05) is 26.0 Å². The van der Waals surface area contributed by atoms with Crippen LogP contribution in [0.15, 0.2) is 48.0 Å². The Morgan fingerprint density at radius 3 is 2.59 bits per heavy atom. The van der Waals surface area contributed by atoms with Crippen molar-refractivity contribution in [3.8, 4) is 5.75 Å². The molecule has 0 spiro atoms. The first-order valence-electron chi connectivity index (χ1n) is 7.70. The van der Waals surface area contributed by atoms with Gasteiger partial charge in [-0.3, -0.25) is 4.79 Å². The van der Waals surface area contributed by atoms with Crippen LogP contribution in [0.5, 0.6) is 5.75 Å². The van der Waals surface area contributed by atoms with E-state index in [0.717, 1.165) is 16.7 Å². The maximum Gasteiger partial charge on any atom is 0.249 e. The quantitative estimate of drug-likeness (QED) is 0.803. The fraction of sp³-hybridized carbons (Fsp3) is 0.316. The number of carbonyl (C=O) groups is 1. The summed E-state index contributed by atoms with van der Waals surface area (Å²) in [6, 6.07) is 12.6. The lowest BCUT2D eigenvalue weighted by atomic mass is 9.81. The van der Waals surface area contributed by atoms with Gasteiger partial charge in [-0.15, -0.1) is 0 Å². The summed E-state index contributed by atoms with van der Waals surface area (Å²) in [6.45, 7) is 5.99. The molecule has 0 fully saturated rings. The van der Waals surface area contributed by atoms with Gasteiger partial charge in [0.15, 0.2) is 5.72 Å². The first-order valence-corrected chi connectivity index (χ1v) is 7.70. The van der Waals surface area contributed by atoms with Crippen LogP contribution in [0.3, 0.4) is 0 Å². The second-order valence-corrected chi connectivity index (χ2v) is 6.59. The largest absolute Gasteiger partial charge is 0.467 e. The Labute approximate surface area is 130 Å². The molecule has 2 heterocycles. The molecule has 0 saturated heterocycles. The number of allylic oxidation sites excluding steroid dienone is 1. The van der Waals surface area contributed by atoms with Gasteiger partial charge in [-0.1, -0.05) is 37.3 Å². The molecule has 3 heteroatoms. The second kappa shape index (κ2) is 4.35. The predicted molar refractivity (Wildman–Crippen MR) is 86.8 cm³/mol. The van der Waals surface area contributed by atoms with Crippen molar-refractivity contribution in [3.05, 3.63) is 53.6 Å². The molecule has 0 aliphatic carbocycles. The minimum Gasteiger partial charge on any atom is -0.467 e. The number of hydrogen-bond donors (Lipinski definition) is 1. The molecule has 2 aromatic carbocycles. The van der Waals surface area contributed by atoms with Crippen LogP contribution in [0.1, 0.15) is 32.3 Å². The van der Waals surface area contributed by atoms with E-state index in [1.165, 1.54) is 10.9 Å². The Hall–Kier alpha value is -2.29. The number of fused-ring (bicyclic) bond motifs is 4. The molecule has 0 saturated carbocycles. The zero-order valence-electron chi connectivity index (χ0n) is 13.0. The van der Waals surface area contributed by atoms with Crippen LogP contribution in [-0.2, 0) is 4.79 Å². The van der Waals surface area contributed by atoms with E-state index in [-0.39, 0.29) is 17.7 Å². The molecule has 3 atom stereocenters. The van der Waals surface area contributed by atoms with E-state index in [2.05, 4.69) is 42.6 Å². The van der Waals surface area contributed by atoms with Gasteiger partial charge >= 0.3 is 0 Å². The highest BCUT2D eigenvalue weighted by Crippen LogP contribution is 2.50. The van der Waals surface area contributed by atoms with Crippen LogP contribution in [0.25, 0.3) is 10.8 Å². The smallest absolute Gasteiger partial charge is 0.249 e. The zero-order chi connectivity index (χ0) is 15.5. The van der Waals surface area contributed by atoms with Gasteiger partial charge in [0.05, 0.1) is 5.92 Å². The maximum absolute atomic E-state index is 12.2. The molecule has 112 valence electrons. The third-order valence-corrected chi connectivity index (χ3v) is 4.89. The van der Waals surface area contributed by atoms with E-state index < -0.39 is 5.72 Å². The molecular formula is C19H19NO2. The average molecular weight is 293 g/mol. The van der Waals surface area contributed by atoms with Crippen molar-refractivity contribution >= 4 is 16.7 Å². The van der Waals surface area contributed by atoms with Crippen LogP contribution in [-0.4, -0.2) is 11.6 Å². The van der Waals surface area contributed by atoms with Gasteiger partial charge in [-0.05, 0) is 42.7 Å². The lowest BCUT2D eigenvalue weighted by molar-refractivity contribution is -0.122. The van der Waals surface area contributed by atoms with Crippen molar-refractivity contribution in [2.24, 2.45) is 5.92 Å². The van der Waals surface area contributed by atoms with Crippen LogP contribution in [0.4, 0.5) is 0 Å². The van der Waals surface area contributed by atoms with Crippen molar-refractivity contribution < 1.29 is 9.53 Å². The molecule has 2 aliphatic rings. The summed E-state index contributed by atoms with van der Waals surface area (Å²) in [7, 11) is 0. The van der Waals surface area contributed by atoms with Gasteiger partial charge in [0.1, 0.15) is 5.75 Å². The Morgan fingerprint density at radius 1 is 1.18 bits per heavy atom. The summed E-state index contributed by atoms with van der Waals surface area (Å²) in [6.07, 6.45) is 2.05. The molecule has 0 bridgehead atoms. The molecule has 2 aliphatic heterocycles. The van der Waals surface area contributed by atoms with Crippen LogP contribution in [0, 0.1) is 5.92 Å². The summed E-state index contributed by atoms with van der Waals surface area (Å²) < 4.78 is 6.21. The van der Waals surface area contributed by atoms with E-state index in [4.69, 9.17) is 4.74 Å². The normalized spacial score (nSPS) is 30.0. The summed E-state index contributed by atoms with van der Waals surface area (Å²) in [5, 5.41) is 5.43. The van der Waals surface area contributed by atoms with Gasteiger partial charge in [-0.25, -0.2) is 0 Å². The second-order valence-electron chi connectivity index (χ2n) is 6.59. The highest BCUT2D eigenvalue weighted by molar-refractivity contribution is 5.94. The zero-order valence-corrected chi connectivity index (χ0v) is 13.0. The number of amides is 1. The van der Waals surface area contributed by atoms with Gasteiger partial charge in [0, 0.05) is 11.1 Å². The lowest BCUT2D eigenvalue weighted by Crippen LogP contribution is -2.52. The minimum atomic E-state index is -0.690. The number of carbonyl (C=O) groups excluding carboxylic acids is 1. The monoisotopic (exact) mass is 293 g/mol. The van der Waals surface area contributed by atoms with Crippen LogP contribution in [0.2, 0.25) is 0 Å². The first kappa shape index (κ1) is 13.4. The van der Waals surface area contributed by atoms with Gasteiger partial charge in [0.2, 0.25) is 5.91 Å². The van der Waals surface area contributed by atoms with Crippen molar-refractivity contribution in [3.63, 3.8) is 0 Å². The van der Waals surface area contributed by atoms with E-state index in [0.29, 0.717) is 0 Å². The molecule has 2 aromatic rings. The Bertz CT molecular complexity index is 823. The SMILES string of the molecule is CC1=C[C@@H](C)[C@@H]2c3cc4ccccc4cc3O[C@@]2(C)NC1=O. The van der Waals surface area contributed by atoms with Crippen molar-refractivity contribution in [1.82, 2.24) is 5.32 Å². The molecule has 0 aromatic heterocycles. The third-order valence-electron chi connectivity index (χ3n) is 4.89. The van der Waals surface area contributed by atoms with Crippen LogP contribution < -0.4 is 10.1 Å². The molecule has 22 heavy (non-hydrogen) atoms. The summed E-state index contributed by atoms with van der Waals surface area (Å²) in [4.78, 5) is 12.2. The van der Waals surface area contributed by atoms with Crippen molar-refractivity contribution in [1.29, 1.82) is 0 Å². The number of nitrogens with one attached hydrogen (secondary N) is 1. The topological polar surface area (TPSA) is 38.3 Å². The first-order chi connectivity index (χ1) is 10.5. The lowest BCUT2D eigenvalue weighted by Gasteiger charge is -2.32. The summed E-state index contributed by atoms with van der Waals surface area (Å²) in [5.74, 6) is 1.18. The molecular weight excluding hydrogens is 274 g/mol. The molecule has 3 nitrogen and oxygen atoms in total. The van der Waals surface area contributed by atoms with Crippen molar-refractivity contribution in [2.45, 2.75) is 32.4 Å². The van der Waals surface area contributed by atoms with Gasteiger partial charge in [0.25, 0.3) is 0 Å². The number of hydrogen-bond acceptors (Lipinski definition) is 2. The molecule has 1 amide bonds. The third kappa shape index (κ3) is 1.78. The summed E-state index contributed by atoms with van der Waals surface area (Å²) in [5.41, 5.74) is 1.25.